The standard InChI is InChI=1S/C20H19F2NO7S/c1-4-29-20(25)23-31(26,27)15-7-5-14(6-8-15)30-18-16(21)10-13(11-17(18)22)9-12(2)19(24)28-3/h5-11H,4H2,1-3H3,(H,23,25)/b12-9+. The van der Waals surface area contributed by atoms with Gasteiger partial charge in [-0.15, -0.1) is 0 Å². The van der Waals surface area contributed by atoms with Crippen molar-refractivity contribution in [1.82, 2.24) is 4.72 Å². The van der Waals surface area contributed by atoms with Gasteiger partial charge in [-0.1, -0.05) is 0 Å². The number of rotatable bonds is 7. The highest BCUT2D eigenvalue weighted by Crippen LogP contribution is 2.30. The first-order valence-electron chi connectivity index (χ1n) is 8.80. The van der Waals surface area contributed by atoms with Gasteiger partial charge in [-0.2, -0.15) is 0 Å². The Morgan fingerprint density at radius 1 is 1.10 bits per heavy atom. The number of hydrogen-bond donors (Lipinski definition) is 1. The molecule has 0 fully saturated rings. The lowest BCUT2D eigenvalue weighted by Crippen LogP contribution is -2.31. The summed E-state index contributed by atoms with van der Waals surface area (Å²) in [5.74, 6) is -3.49. The zero-order chi connectivity index (χ0) is 23.2. The van der Waals surface area contributed by atoms with Gasteiger partial charge in [0.25, 0.3) is 10.0 Å². The van der Waals surface area contributed by atoms with Crippen LogP contribution in [-0.4, -0.2) is 34.2 Å². The fraction of sp³-hybridized carbons (Fsp3) is 0.200. The maximum atomic E-state index is 14.3. The third-order valence-electron chi connectivity index (χ3n) is 3.76. The van der Waals surface area contributed by atoms with Crippen molar-refractivity contribution in [2.75, 3.05) is 13.7 Å². The summed E-state index contributed by atoms with van der Waals surface area (Å²) in [7, 11) is -3.00. The summed E-state index contributed by atoms with van der Waals surface area (Å²) >= 11 is 0. The van der Waals surface area contributed by atoms with E-state index in [9.17, 15) is 26.8 Å². The predicted molar refractivity (Wildman–Crippen MR) is 106 cm³/mol. The average molecular weight is 455 g/mol. The second-order valence-electron chi connectivity index (χ2n) is 6.03. The molecule has 1 N–H and O–H groups in total. The molecule has 0 saturated carbocycles. The van der Waals surface area contributed by atoms with Gasteiger partial charge in [0.2, 0.25) is 0 Å². The van der Waals surface area contributed by atoms with E-state index >= 15 is 0 Å². The van der Waals surface area contributed by atoms with Crippen LogP contribution >= 0.6 is 0 Å². The molecular formula is C20H19F2NO7S. The smallest absolute Gasteiger partial charge is 0.421 e. The molecule has 2 aromatic carbocycles. The van der Waals surface area contributed by atoms with E-state index < -0.39 is 39.5 Å². The summed E-state index contributed by atoms with van der Waals surface area (Å²) in [6, 6.07) is 6.43. The van der Waals surface area contributed by atoms with Crippen molar-refractivity contribution in [2.24, 2.45) is 0 Å². The number of esters is 1. The molecule has 0 spiro atoms. The summed E-state index contributed by atoms with van der Waals surface area (Å²) in [4.78, 5) is 22.4. The highest BCUT2D eigenvalue weighted by molar-refractivity contribution is 7.90. The third-order valence-corrected chi connectivity index (χ3v) is 5.09. The van der Waals surface area contributed by atoms with Gasteiger partial charge in [0, 0.05) is 5.57 Å². The molecule has 2 rings (SSSR count). The first kappa shape index (κ1) is 23.8. The van der Waals surface area contributed by atoms with E-state index in [1.165, 1.54) is 27.0 Å². The van der Waals surface area contributed by atoms with Crippen LogP contribution in [0.3, 0.4) is 0 Å². The van der Waals surface area contributed by atoms with Gasteiger partial charge >= 0.3 is 12.1 Å². The molecule has 0 unspecified atom stereocenters. The Labute approximate surface area is 177 Å². The molecule has 0 bridgehead atoms. The van der Waals surface area contributed by atoms with Crippen LogP contribution in [0, 0.1) is 11.6 Å². The van der Waals surface area contributed by atoms with Crippen LogP contribution in [-0.2, 0) is 24.3 Å². The summed E-state index contributed by atoms with van der Waals surface area (Å²) in [6.45, 7) is 2.93. The van der Waals surface area contributed by atoms with Crippen molar-refractivity contribution in [2.45, 2.75) is 18.7 Å². The maximum Gasteiger partial charge on any atom is 0.421 e. The minimum absolute atomic E-state index is 0.0118. The topological polar surface area (TPSA) is 108 Å². The first-order valence-corrected chi connectivity index (χ1v) is 10.3. The molecule has 0 aliphatic carbocycles. The SMILES string of the molecule is CCOC(=O)NS(=O)(=O)c1ccc(Oc2c(F)cc(/C=C(\C)C(=O)OC)cc2F)cc1. The van der Waals surface area contributed by atoms with Crippen LogP contribution in [0.1, 0.15) is 19.4 Å². The van der Waals surface area contributed by atoms with Crippen molar-refractivity contribution in [3.05, 3.63) is 59.2 Å². The Balaban J connectivity index is 2.22. The van der Waals surface area contributed by atoms with Crippen molar-refractivity contribution < 1.29 is 41.0 Å². The second-order valence-corrected chi connectivity index (χ2v) is 7.71. The third kappa shape index (κ3) is 6.25. The van der Waals surface area contributed by atoms with E-state index in [4.69, 9.17) is 4.74 Å². The lowest BCUT2D eigenvalue weighted by atomic mass is 10.1. The summed E-state index contributed by atoms with van der Waals surface area (Å²) in [5, 5.41) is 0. The van der Waals surface area contributed by atoms with Crippen LogP contribution in [0.2, 0.25) is 0 Å². The summed E-state index contributed by atoms with van der Waals surface area (Å²) in [5.41, 5.74) is 0.222. The van der Waals surface area contributed by atoms with E-state index in [1.807, 2.05) is 0 Å². The highest BCUT2D eigenvalue weighted by Gasteiger charge is 2.19. The average Bonchev–Trinajstić information content (AvgIpc) is 2.70. The van der Waals surface area contributed by atoms with Crippen molar-refractivity contribution >= 4 is 28.2 Å². The molecule has 1 amide bonds. The molecule has 0 aliphatic heterocycles. The number of amides is 1. The van der Waals surface area contributed by atoms with Crippen molar-refractivity contribution in [3.8, 4) is 11.5 Å². The molecule has 166 valence electrons. The molecular weight excluding hydrogens is 436 g/mol. The van der Waals surface area contributed by atoms with Crippen LogP contribution in [0.4, 0.5) is 13.6 Å². The molecule has 11 heteroatoms. The van der Waals surface area contributed by atoms with Crippen molar-refractivity contribution in [3.63, 3.8) is 0 Å². The monoisotopic (exact) mass is 455 g/mol. The van der Waals surface area contributed by atoms with Crippen molar-refractivity contribution in [1.29, 1.82) is 0 Å². The second kappa shape index (κ2) is 10.0. The molecule has 0 atom stereocenters. The molecule has 0 heterocycles. The number of carbonyl (C=O) groups is 2. The lowest BCUT2D eigenvalue weighted by molar-refractivity contribution is -0.135. The van der Waals surface area contributed by atoms with Gasteiger partial charge in [0.1, 0.15) is 5.75 Å². The summed E-state index contributed by atoms with van der Waals surface area (Å²) < 4.78 is 68.8. The maximum absolute atomic E-state index is 14.3. The normalized spacial score (nSPS) is 11.6. The Kier molecular flexibility index (Phi) is 7.70. The Morgan fingerprint density at radius 3 is 2.19 bits per heavy atom. The molecule has 0 saturated heterocycles. The van der Waals surface area contributed by atoms with E-state index in [-0.39, 0.29) is 28.4 Å². The Morgan fingerprint density at radius 2 is 1.68 bits per heavy atom. The van der Waals surface area contributed by atoms with Gasteiger partial charge in [-0.3, -0.25) is 0 Å². The number of halogens is 2. The summed E-state index contributed by atoms with van der Waals surface area (Å²) in [6.07, 6.45) is 0.112. The van der Waals surface area contributed by atoms with Gasteiger partial charge in [0.15, 0.2) is 17.4 Å². The Bertz CT molecular complexity index is 1090. The molecule has 0 aromatic heterocycles. The molecule has 0 aliphatic rings. The first-order chi connectivity index (χ1) is 14.6. The molecule has 0 radical (unpaired) electrons. The van der Waals surface area contributed by atoms with Crippen LogP contribution in [0.15, 0.2) is 46.9 Å². The zero-order valence-electron chi connectivity index (χ0n) is 16.8. The van der Waals surface area contributed by atoms with Crippen LogP contribution in [0.25, 0.3) is 6.08 Å². The molecule has 31 heavy (non-hydrogen) atoms. The number of carbonyl (C=O) groups excluding carboxylic acids is 2. The largest absolute Gasteiger partial charge is 0.466 e. The fourth-order valence-electron chi connectivity index (χ4n) is 2.36. The number of sulfonamides is 1. The minimum atomic E-state index is -4.19. The van der Waals surface area contributed by atoms with E-state index in [0.29, 0.717) is 0 Å². The van der Waals surface area contributed by atoms with Crippen LogP contribution < -0.4 is 9.46 Å². The minimum Gasteiger partial charge on any atom is -0.466 e. The van der Waals surface area contributed by atoms with E-state index in [2.05, 4.69) is 9.47 Å². The van der Waals surface area contributed by atoms with Crippen LogP contribution in [0.5, 0.6) is 11.5 Å². The number of hydrogen-bond acceptors (Lipinski definition) is 7. The zero-order valence-corrected chi connectivity index (χ0v) is 17.6. The number of methoxy groups -OCH3 is 1. The van der Waals surface area contributed by atoms with Gasteiger partial charge in [-0.25, -0.2) is 31.5 Å². The number of nitrogens with one attached hydrogen (secondary N) is 1. The Hall–Kier alpha value is -3.47. The molecule has 8 nitrogen and oxygen atoms in total. The quantitative estimate of drug-likeness (QED) is 0.500. The number of benzene rings is 2. The van der Waals surface area contributed by atoms with Gasteiger partial charge < -0.3 is 14.2 Å². The predicted octanol–water partition coefficient (Wildman–Crippen LogP) is 3.77. The lowest BCUT2D eigenvalue weighted by Gasteiger charge is -2.10. The van der Waals surface area contributed by atoms with Gasteiger partial charge in [-0.05, 0) is 61.9 Å². The highest BCUT2D eigenvalue weighted by atomic mass is 32.2. The fourth-order valence-corrected chi connectivity index (χ4v) is 3.25. The van der Waals surface area contributed by atoms with Gasteiger partial charge in [0.05, 0.1) is 18.6 Å². The van der Waals surface area contributed by atoms with E-state index in [0.717, 1.165) is 36.4 Å². The van der Waals surface area contributed by atoms with E-state index in [1.54, 1.807) is 4.72 Å². The number of ether oxygens (including phenoxy) is 3. The molecule has 2 aromatic rings.